The van der Waals surface area contributed by atoms with Crippen LogP contribution < -0.4 is 5.73 Å². The van der Waals surface area contributed by atoms with Crippen molar-refractivity contribution >= 4 is 31.5 Å². The Morgan fingerprint density at radius 3 is 2.44 bits per heavy atom. The summed E-state index contributed by atoms with van der Waals surface area (Å²) in [5.41, 5.74) is 6.68. The molecular formula is C12H11BrN2O2S. The average Bonchev–Trinajstić information content (AvgIpc) is 2.29. The Kier molecular flexibility index (Phi) is 3.68. The van der Waals surface area contributed by atoms with E-state index in [-0.39, 0.29) is 16.3 Å². The average molecular weight is 327 g/mol. The van der Waals surface area contributed by atoms with Gasteiger partial charge in [-0.15, -0.1) is 0 Å². The van der Waals surface area contributed by atoms with Gasteiger partial charge in [-0.05, 0) is 35.9 Å². The fraction of sp³-hybridized carbons (Fsp3) is 0.0833. The van der Waals surface area contributed by atoms with Crippen LogP contribution in [0.25, 0.3) is 0 Å². The van der Waals surface area contributed by atoms with Gasteiger partial charge in [0.05, 0.1) is 16.3 Å². The van der Waals surface area contributed by atoms with Crippen LogP contribution >= 0.6 is 15.9 Å². The summed E-state index contributed by atoms with van der Waals surface area (Å²) < 4.78 is 25.2. The predicted molar refractivity (Wildman–Crippen MR) is 73.7 cm³/mol. The Morgan fingerprint density at radius 1 is 1.17 bits per heavy atom. The van der Waals surface area contributed by atoms with Gasteiger partial charge in [-0.1, -0.05) is 15.9 Å². The van der Waals surface area contributed by atoms with Crippen molar-refractivity contribution in [2.24, 2.45) is 0 Å². The molecule has 0 saturated heterocycles. The lowest BCUT2D eigenvalue weighted by Crippen LogP contribution is -2.08. The molecule has 2 aromatic rings. The fourth-order valence-corrected chi connectivity index (χ4v) is 3.44. The fourth-order valence-electron chi connectivity index (χ4n) is 1.58. The van der Waals surface area contributed by atoms with Gasteiger partial charge >= 0.3 is 0 Å². The Hall–Kier alpha value is -1.40. The van der Waals surface area contributed by atoms with Crippen molar-refractivity contribution in [2.75, 3.05) is 5.73 Å². The van der Waals surface area contributed by atoms with E-state index in [0.29, 0.717) is 5.56 Å². The summed E-state index contributed by atoms with van der Waals surface area (Å²) in [4.78, 5) is 4.01. The maximum Gasteiger partial charge on any atom is 0.184 e. The molecule has 2 rings (SSSR count). The van der Waals surface area contributed by atoms with E-state index < -0.39 is 9.84 Å². The molecule has 0 saturated carbocycles. The van der Waals surface area contributed by atoms with Crippen LogP contribution in [0, 0.1) is 0 Å². The topological polar surface area (TPSA) is 73.1 Å². The maximum absolute atomic E-state index is 12.2. The third kappa shape index (κ3) is 2.88. The van der Waals surface area contributed by atoms with E-state index in [4.69, 9.17) is 5.73 Å². The van der Waals surface area contributed by atoms with Crippen LogP contribution in [-0.2, 0) is 15.6 Å². The van der Waals surface area contributed by atoms with Gasteiger partial charge < -0.3 is 5.73 Å². The molecule has 2 N–H and O–H groups in total. The van der Waals surface area contributed by atoms with Gasteiger partial charge in [0.15, 0.2) is 9.84 Å². The summed E-state index contributed by atoms with van der Waals surface area (Å²) in [5.74, 6) is -0.0820. The molecule has 0 spiro atoms. The molecule has 0 aliphatic heterocycles. The zero-order valence-corrected chi connectivity index (χ0v) is 11.8. The normalized spacial score (nSPS) is 11.4. The second kappa shape index (κ2) is 5.07. The van der Waals surface area contributed by atoms with Crippen molar-refractivity contribution in [3.05, 3.63) is 52.8 Å². The minimum absolute atomic E-state index is 0.0820. The van der Waals surface area contributed by atoms with Crippen molar-refractivity contribution in [1.82, 2.24) is 4.98 Å². The number of aromatic nitrogens is 1. The summed E-state index contributed by atoms with van der Waals surface area (Å²) in [7, 11) is -3.43. The third-order valence-corrected chi connectivity index (χ3v) is 4.66. The van der Waals surface area contributed by atoms with E-state index in [2.05, 4.69) is 20.9 Å². The predicted octanol–water partition coefficient (Wildman–Crippen LogP) is 2.40. The van der Waals surface area contributed by atoms with Crippen molar-refractivity contribution in [3.63, 3.8) is 0 Å². The largest absolute Gasteiger partial charge is 0.398 e. The Bertz CT molecular complexity index is 657. The van der Waals surface area contributed by atoms with Crippen molar-refractivity contribution < 1.29 is 8.42 Å². The Labute approximate surface area is 114 Å². The maximum atomic E-state index is 12.2. The molecule has 0 aliphatic carbocycles. The number of nitrogens with two attached hydrogens (primary N) is 1. The second-order valence-corrected chi connectivity index (χ2v) is 6.67. The highest BCUT2D eigenvalue weighted by atomic mass is 79.9. The molecule has 0 bridgehead atoms. The minimum atomic E-state index is -3.43. The standard InChI is InChI=1S/C12H11BrN2O2S/c13-10-1-2-12(11(14)7-10)18(16,17)8-9-3-5-15-6-4-9/h1-7H,8,14H2. The van der Waals surface area contributed by atoms with Crippen molar-refractivity contribution in [2.45, 2.75) is 10.6 Å². The summed E-state index contributed by atoms with van der Waals surface area (Å²) in [5, 5.41) is 0. The number of pyridine rings is 1. The zero-order valence-electron chi connectivity index (χ0n) is 9.38. The second-order valence-electron chi connectivity index (χ2n) is 3.80. The number of nitrogen functional groups attached to an aromatic ring is 1. The third-order valence-electron chi connectivity index (χ3n) is 2.41. The molecule has 6 heteroatoms. The quantitative estimate of drug-likeness (QED) is 0.879. The van der Waals surface area contributed by atoms with Gasteiger partial charge in [-0.25, -0.2) is 8.42 Å². The van der Waals surface area contributed by atoms with Crippen LogP contribution in [0.1, 0.15) is 5.56 Å². The lowest BCUT2D eigenvalue weighted by atomic mass is 10.3. The van der Waals surface area contributed by atoms with E-state index in [1.807, 2.05) is 0 Å². The molecule has 4 nitrogen and oxygen atoms in total. The number of hydrogen-bond donors (Lipinski definition) is 1. The molecule has 1 aromatic heterocycles. The van der Waals surface area contributed by atoms with Gasteiger partial charge in [0.1, 0.15) is 0 Å². The first-order valence-corrected chi connectivity index (χ1v) is 7.60. The SMILES string of the molecule is Nc1cc(Br)ccc1S(=O)(=O)Cc1ccncc1. The number of rotatable bonds is 3. The molecule has 94 valence electrons. The van der Waals surface area contributed by atoms with Crippen molar-refractivity contribution in [3.8, 4) is 0 Å². The molecule has 18 heavy (non-hydrogen) atoms. The van der Waals surface area contributed by atoms with E-state index in [1.165, 1.54) is 6.07 Å². The molecule has 1 heterocycles. The lowest BCUT2D eigenvalue weighted by molar-refractivity contribution is 0.595. The van der Waals surface area contributed by atoms with Gasteiger partial charge in [0.25, 0.3) is 0 Å². The van der Waals surface area contributed by atoms with Crippen LogP contribution in [-0.4, -0.2) is 13.4 Å². The summed E-state index contributed by atoms with van der Waals surface area (Å²) in [6, 6.07) is 8.10. The number of sulfone groups is 1. The highest BCUT2D eigenvalue weighted by Crippen LogP contribution is 2.25. The monoisotopic (exact) mass is 326 g/mol. The van der Waals surface area contributed by atoms with E-state index in [1.54, 1.807) is 36.7 Å². The number of nitrogens with zero attached hydrogens (tertiary/aromatic N) is 1. The van der Waals surface area contributed by atoms with Gasteiger partial charge in [0.2, 0.25) is 0 Å². The van der Waals surface area contributed by atoms with E-state index in [9.17, 15) is 8.42 Å². The van der Waals surface area contributed by atoms with Gasteiger partial charge in [-0.2, -0.15) is 0 Å². The van der Waals surface area contributed by atoms with Crippen LogP contribution in [0.5, 0.6) is 0 Å². The summed E-state index contributed by atoms with van der Waals surface area (Å²) >= 11 is 3.25. The smallest absolute Gasteiger partial charge is 0.184 e. The first-order chi connectivity index (χ1) is 8.49. The molecule has 1 aromatic carbocycles. The lowest BCUT2D eigenvalue weighted by Gasteiger charge is -2.07. The van der Waals surface area contributed by atoms with Gasteiger partial charge in [-0.3, -0.25) is 4.98 Å². The molecule has 0 radical (unpaired) electrons. The number of hydrogen-bond acceptors (Lipinski definition) is 4. The Balaban J connectivity index is 2.37. The molecule has 0 amide bonds. The minimum Gasteiger partial charge on any atom is -0.398 e. The molecule has 0 unspecified atom stereocenters. The Morgan fingerprint density at radius 2 is 1.83 bits per heavy atom. The van der Waals surface area contributed by atoms with Crippen LogP contribution in [0.3, 0.4) is 0 Å². The van der Waals surface area contributed by atoms with Crippen molar-refractivity contribution in [1.29, 1.82) is 0 Å². The summed E-state index contributed by atoms with van der Waals surface area (Å²) in [6.07, 6.45) is 3.13. The van der Waals surface area contributed by atoms with Crippen LogP contribution in [0.15, 0.2) is 52.1 Å². The first-order valence-electron chi connectivity index (χ1n) is 5.16. The van der Waals surface area contributed by atoms with Crippen LogP contribution in [0.2, 0.25) is 0 Å². The van der Waals surface area contributed by atoms with E-state index in [0.717, 1.165) is 4.47 Å². The number of halogens is 1. The van der Waals surface area contributed by atoms with E-state index >= 15 is 0 Å². The summed E-state index contributed by atoms with van der Waals surface area (Å²) in [6.45, 7) is 0. The molecule has 0 aliphatic rings. The van der Waals surface area contributed by atoms with Gasteiger partial charge in [0, 0.05) is 16.9 Å². The zero-order chi connectivity index (χ0) is 13.2. The van der Waals surface area contributed by atoms with Crippen LogP contribution in [0.4, 0.5) is 5.69 Å². The number of benzene rings is 1. The molecule has 0 atom stereocenters. The highest BCUT2D eigenvalue weighted by molar-refractivity contribution is 9.10. The number of anilines is 1. The first kappa shape index (κ1) is 13.0. The molecule has 0 fully saturated rings. The highest BCUT2D eigenvalue weighted by Gasteiger charge is 2.18. The molecular weight excluding hydrogens is 316 g/mol.